The lowest BCUT2D eigenvalue weighted by molar-refractivity contribution is -0.130. The number of carbonyl (C=O) groups is 2. The van der Waals surface area contributed by atoms with Gasteiger partial charge < -0.3 is 20.2 Å². The van der Waals surface area contributed by atoms with Crippen molar-refractivity contribution in [1.29, 1.82) is 0 Å². The van der Waals surface area contributed by atoms with Crippen LogP contribution in [0.5, 0.6) is 0 Å². The van der Waals surface area contributed by atoms with Crippen LogP contribution in [0.2, 0.25) is 0 Å². The van der Waals surface area contributed by atoms with E-state index in [1.807, 2.05) is 6.07 Å². The molecule has 1 saturated heterocycles. The summed E-state index contributed by atoms with van der Waals surface area (Å²) in [6, 6.07) is 6.97. The minimum atomic E-state index is -0.569. The van der Waals surface area contributed by atoms with Gasteiger partial charge in [0.1, 0.15) is 0 Å². The lowest BCUT2D eigenvalue weighted by Gasteiger charge is -2.34. The molecule has 2 N–H and O–H groups in total. The van der Waals surface area contributed by atoms with Gasteiger partial charge in [-0.1, -0.05) is 12.1 Å². The van der Waals surface area contributed by atoms with Gasteiger partial charge in [0.2, 0.25) is 5.91 Å². The van der Waals surface area contributed by atoms with Crippen molar-refractivity contribution < 1.29 is 14.7 Å². The molecular weight excluding hydrogens is 270 g/mol. The van der Waals surface area contributed by atoms with Crippen molar-refractivity contribution in [1.82, 2.24) is 9.80 Å². The Labute approximate surface area is 124 Å². The smallest absolute Gasteiger partial charge is 0.321 e. The molecule has 0 radical (unpaired) electrons. The minimum absolute atomic E-state index is 0.0414. The van der Waals surface area contributed by atoms with Crippen molar-refractivity contribution >= 4 is 17.6 Å². The van der Waals surface area contributed by atoms with Crippen LogP contribution in [0, 0.1) is 0 Å². The van der Waals surface area contributed by atoms with Gasteiger partial charge >= 0.3 is 6.03 Å². The predicted molar refractivity (Wildman–Crippen MR) is 79.9 cm³/mol. The molecule has 0 spiro atoms. The van der Waals surface area contributed by atoms with E-state index >= 15 is 0 Å². The number of aliphatic hydroxyl groups is 1. The number of hydrogen-bond acceptors (Lipinski definition) is 3. The zero-order chi connectivity index (χ0) is 15.4. The maximum atomic E-state index is 12.2. The number of nitrogens with zero attached hydrogens (tertiary/aromatic N) is 2. The SMILES string of the molecule is CC(=O)N1CCN(C(=O)Nc2cccc(C(C)O)c2)CC1. The Morgan fingerprint density at radius 1 is 1.19 bits per heavy atom. The molecule has 1 aliphatic rings. The highest BCUT2D eigenvalue weighted by molar-refractivity contribution is 5.89. The van der Waals surface area contributed by atoms with E-state index in [1.54, 1.807) is 34.9 Å². The highest BCUT2D eigenvalue weighted by atomic mass is 16.3. The van der Waals surface area contributed by atoms with Gasteiger partial charge in [-0.15, -0.1) is 0 Å². The van der Waals surface area contributed by atoms with E-state index in [9.17, 15) is 14.7 Å². The maximum absolute atomic E-state index is 12.2. The molecule has 1 aromatic rings. The number of urea groups is 1. The first kappa shape index (κ1) is 15.3. The van der Waals surface area contributed by atoms with Crippen LogP contribution in [-0.4, -0.2) is 53.0 Å². The number of rotatable bonds is 2. The number of aliphatic hydroxyl groups excluding tert-OH is 1. The Kier molecular flexibility index (Phi) is 4.80. The molecule has 0 aromatic heterocycles. The molecule has 3 amide bonds. The third kappa shape index (κ3) is 3.95. The van der Waals surface area contributed by atoms with Gasteiger partial charge in [0.15, 0.2) is 0 Å². The van der Waals surface area contributed by atoms with Crippen molar-refractivity contribution in [2.75, 3.05) is 31.5 Å². The number of amides is 3. The largest absolute Gasteiger partial charge is 0.389 e. The van der Waals surface area contributed by atoms with Gasteiger partial charge in [0.25, 0.3) is 0 Å². The lowest BCUT2D eigenvalue weighted by Crippen LogP contribution is -2.51. The summed E-state index contributed by atoms with van der Waals surface area (Å²) >= 11 is 0. The monoisotopic (exact) mass is 291 g/mol. The van der Waals surface area contributed by atoms with Gasteiger partial charge in [-0.05, 0) is 24.6 Å². The van der Waals surface area contributed by atoms with Crippen molar-refractivity contribution in [3.63, 3.8) is 0 Å². The summed E-state index contributed by atoms with van der Waals surface area (Å²) in [5, 5.41) is 12.4. The average molecular weight is 291 g/mol. The molecule has 6 nitrogen and oxygen atoms in total. The topological polar surface area (TPSA) is 72.9 Å². The summed E-state index contributed by atoms with van der Waals surface area (Å²) in [5.74, 6) is 0.0414. The number of hydrogen-bond donors (Lipinski definition) is 2. The zero-order valence-corrected chi connectivity index (χ0v) is 12.4. The summed E-state index contributed by atoms with van der Waals surface area (Å²) < 4.78 is 0. The fraction of sp³-hybridized carbons (Fsp3) is 0.467. The first-order chi connectivity index (χ1) is 9.97. The normalized spacial score (nSPS) is 16.5. The van der Waals surface area contributed by atoms with E-state index in [1.165, 1.54) is 6.92 Å². The minimum Gasteiger partial charge on any atom is -0.389 e. The molecule has 1 unspecified atom stereocenters. The number of nitrogens with one attached hydrogen (secondary N) is 1. The van der Waals surface area contributed by atoms with Crippen molar-refractivity contribution in [2.24, 2.45) is 0 Å². The highest BCUT2D eigenvalue weighted by Crippen LogP contribution is 2.17. The van der Waals surface area contributed by atoms with Crippen molar-refractivity contribution in [2.45, 2.75) is 20.0 Å². The third-order valence-electron chi connectivity index (χ3n) is 3.63. The standard InChI is InChI=1S/C15H21N3O3/c1-11(19)13-4-3-5-14(10-13)16-15(21)18-8-6-17(7-9-18)12(2)20/h3-5,10-11,19H,6-9H2,1-2H3,(H,16,21). The van der Waals surface area contributed by atoms with E-state index in [4.69, 9.17) is 0 Å². The van der Waals surface area contributed by atoms with Gasteiger partial charge in [-0.25, -0.2) is 4.79 Å². The molecule has 21 heavy (non-hydrogen) atoms. The summed E-state index contributed by atoms with van der Waals surface area (Å²) in [6.45, 7) is 5.41. The molecule has 114 valence electrons. The summed E-state index contributed by atoms with van der Waals surface area (Å²) in [6.07, 6.45) is -0.569. The number of piperazine rings is 1. The van der Waals surface area contributed by atoms with Crippen LogP contribution in [0.1, 0.15) is 25.5 Å². The highest BCUT2D eigenvalue weighted by Gasteiger charge is 2.22. The molecule has 0 bridgehead atoms. The van der Waals surface area contributed by atoms with Gasteiger partial charge in [0, 0.05) is 38.8 Å². The average Bonchev–Trinajstić information content (AvgIpc) is 2.47. The van der Waals surface area contributed by atoms with Gasteiger partial charge in [0.05, 0.1) is 6.10 Å². The molecule has 1 fully saturated rings. The lowest BCUT2D eigenvalue weighted by atomic mass is 10.1. The Bertz CT molecular complexity index is 523. The first-order valence-corrected chi connectivity index (χ1v) is 7.07. The van der Waals surface area contributed by atoms with Gasteiger partial charge in [-0.3, -0.25) is 4.79 Å². The summed E-state index contributed by atoms with van der Waals surface area (Å²) in [7, 11) is 0. The van der Waals surface area contributed by atoms with Crippen LogP contribution in [0.3, 0.4) is 0 Å². The number of anilines is 1. The second kappa shape index (κ2) is 6.58. The van der Waals surface area contributed by atoms with E-state index in [0.717, 1.165) is 5.56 Å². The van der Waals surface area contributed by atoms with Crippen molar-refractivity contribution in [3.05, 3.63) is 29.8 Å². The van der Waals surface area contributed by atoms with Crippen LogP contribution in [0.4, 0.5) is 10.5 Å². The Morgan fingerprint density at radius 3 is 2.38 bits per heavy atom. The molecule has 1 atom stereocenters. The summed E-state index contributed by atoms with van der Waals surface area (Å²) in [4.78, 5) is 26.8. The molecular formula is C15H21N3O3. The molecule has 0 aliphatic carbocycles. The summed E-state index contributed by atoms with van der Waals surface area (Å²) in [5.41, 5.74) is 1.42. The van der Waals surface area contributed by atoms with Crippen LogP contribution in [0.15, 0.2) is 24.3 Å². The molecule has 2 rings (SSSR count). The molecule has 0 saturated carbocycles. The molecule has 1 aliphatic heterocycles. The second-order valence-electron chi connectivity index (χ2n) is 5.22. The third-order valence-corrected chi connectivity index (χ3v) is 3.63. The van der Waals surface area contributed by atoms with Crippen molar-refractivity contribution in [3.8, 4) is 0 Å². The zero-order valence-electron chi connectivity index (χ0n) is 12.4. The van der Waals surface area contributed by atoms with E-state index in [0.29, 0.717) is 31.9 Å². The van der Waals surface area contributed by atoms with Gasteiger partial charge in [-0.2, -0.15) is 0 Å². The number of benzene rings is 1. The maximum Gasteiger partial charge on any atom is 0.321 e. The Hall–Kier alpha value is -2.08. The van der Waals surface area contributed by atoms with E-state index < -0.39 is 6.10 Å². The first-order valence-electron chi connectivity index (χ1n) is 7.07. The van der Waals surface area contributed by atoms with Crippen LogP contribution in [-0.2, 0) is 4.79 Å². The molecule has 1 heterocycles. The molecule has 1 aromatic carbocycles. The van der Waals surface area contributed by atoms with Crippen LogP contribution < -0.4 is 5.32 Å². The van der Waals surface area contributed by atoms with Crippen LogP contribution in [0.25, 0.3) is 0 Å². The fourth-order valence-electron chi connectivity index (χ4n) is 2.30. The fourth-order valence-corrected chi connectivity index (χ4v) is 2.30. The molecule has 6 heteroatoms. The van der Waals surface area contributed by atoms with Crippen LogP contribution >= 0.6 is 0 Å². The second-order valence-corrected chi connectivity index (χ2v) is 5.22. The number of carbonyl (C=O) groups excluding carboxylic acids is 2. The predicted octanol–water partition coefficient (Wildman–Crippen LogP) is 1.44. The Morgan fingerprint density at radius 2 is 1.81 bits per heavy atom. The quantitative estimate of drug-likeness (QED) is 0.866. The van der Waals surface area contributed by atoms with E-state index in [2.05, 4.69) is 5.32 Å². The van der Waals surface area contributed by atoms with E-state index in [-0.39, 0.29) is 11.9 Å². The Balaban J connectivity index is 1.93.